The fourth-order valence-corrected chi connectivity index (χ4v) is 2.55. The van der Waals surface area contributed by atoms with Crippen LogP contribution in [0.3, 0.4) is 0 Å². The summed E-state index contributed by atoms with van der Waals surface area (Å²) in [5.41, 5.74) is -4.54. The third kappa shape index (κ3) is 5.20. The summed E-state index contributed by atoms with van der Waals surface area (Å²) in [5.74, 6) is -1.33. The van der Waals surface area contributed by atoms with Crippen molar-refractivity contribution in [3.8, 4) is 0 Å². The molecule has 0 atom stereocenters. The Morgan fingerprint density at radius 1 is 0.889 bits per heavy atom. The highest BCUT2D eigenvalue weighted by Crippen LogP contribution is 2.36. The Balaban J connectivity index is 2.44. The van der Waals surface area contributed by atoms with Gasteiger partial charge in [0.15, 0.2) is 0 Å². The number of carbonyl (C=O) groups is 1. The van der Waals surface area contributed by atoms with Crippen molar-refractivity contribution in [2.45, 2.75) is 17.2 Å². The van der Waals surface area contributed by atoms with E-state index in [1.807, 2.05) is 5.32 Å². The highest BCUT2D eigenvalue weighted by atomic mass is 32.2. The van der Waals surface area contributed by atoms with Crippen molar-refractivity contribution in [3.63, 3.8) is 0 Å². The van der Waals surface area contributed by atoms with Crippen LogP contribution in [0.5, 0.6) is 0 Å². The van der Waals surface area contributed by atoms with Gasteiger partial charge in [0, 0.05) is 11.3 Å². The molecule has 0 aliphatic carbocycles. The van der Waals surface area contributed by atoms with E-state index in [0.717, 1.165) is 24.3 Å². The van der Waals surface area contributed by atoms with Crippen molar-refractivity contribution in [3.05, 3.63) is 59.2 Å². The van der Waals surface area contributed by atoms with Gasteiger partial charge in [-0.2, -0.15) is 34.8 Å². The van der Waals surface area contributed by atoms with Crippen LogP contribution in [-0.4, -0.2) is 18.9 Å². The van der Waals surface area contributed by atoms with Gasteiger partial charge in [-0.1, -0.05) is 6.07 Å². The van der Waals surface area contributed by atoms with Crippen LogP contribution in [0.4, 0.5) is 32.0 Å². The molecule has 0 aromatic heterocycles. The van der Waals surface area contributed by atoms with E-state index in [4.69, 9.17) is 4.55 Å². The van der Waals surface area contributed by atoms with Crippen molar-refractivity contribution >= 4 is 21.7 Å². The maximum Gasteiger partial charge on any atom is 0.416 e. The minimum atomic E-state index is -5.12. The molecule has 146 valence electrons. The highest BCUT2D eigenvalue weighted by molar-refractivity contribution is 7.85. The second-order valence-electron chi connectivity index (χ2n) is 5.25. The zero-order valence-corrected chi connectivity index (χ0v) is 13.7. The molecule has 0 aliphatic heterocycles. The van der Waals surface area contributed by atoms with E-state index >= 15 is 0 Å². The molecule has 5 nitrogen and oxygen atoms in total. The monoisotopic (exact) mass is 413 g/mol. The first-order valence-electron chi connectivity index (χ1n) is 6.86. The van der Waals surface area contributed by atoms with E-state index in [1.54, 1.807) is 0 Å². The number of hydrogen-bond donors (Lipinski definition) is 2. The predicted octanol–water partition coefficient (Wildman–Crippen LogP) is 4.22. The Morgan fingerprint density at radius 3 is 1.85 bits per heavy atom. The van der Waals surface area contributed by atoms with Gasteiger partial charge in [-0.3, -0.25) is 9.35 Å². The Labute approximate surface area is 148 Å². The molecule has 0 aliphatic rings. The van der Waals surface area contributed by atoms with E-state index in [2.05, 4.69) is 0 Å². The largest absolute Gasteiger partial charge is 0.416 e. The third-order valence-corrected chi connectivity index (χ3v) is 4.09. The Kier molecular flexibility index (Phi) is 5.25. The van der Waals surface area contributed by atoms with Crippen LogP contribution in [0.1, 0.15) is 21.5 Å². The van der Waals surface area contributed by atoms with Crippen molar-refractivity contribution in [1.82, 2.24) is 0 Å². The van der Waals surface area contributed by atoms with Gasteiger partial charge in [0.05, 0.1) is 16.0 Å². The average molecular weight is 413 g/mol. The van der Waals surface area contributed by atoms with E-state index in [-0.39, 0.29) is 23.9 Å². The quantitative estimate of drug-likeness (QED) is 0.583. The van der Waals surface area contributed by atoms with Gasteiger partial charge >= 0.3 is 12.4 Å². The molecule has 0 radical (unpaired) electrons. The molecule has 0 heterocycles. The number of halogens is 6. The van der Waals surface area contributed by atoms with Crippen molar-refractivity contribution in [2.24, 2.45) is 0 Å². The topological polar surface area (TPSA) is 83.5 Å². The number of carbonyl (C=O) groups excluding carboxylic acids is 1. The van der Waals surface area contributed by atoms with E-state index in [0.29, 0.717) is 0 Å². The van der Waals surface area contributed by atoms with Gasteiger partial charge < -0.3 is 5.32 Å². The summed E-state index contributed by atoms with van der Waals surface area (Å²) in [5, 5.41) is 1.98. The minimum Gasteiger partial charge on any atom is -0.322 e. The molecule has 0 bridgehead atoms. The summed E-state index contributed by atoms with van der Waals surface area (Å²) in [7, 11) is -4.63. The Bertz CT molecular complexity index is 950. The zero-order valence-electron chi connectivity index (χ0n) is 12.9. The summed E-state index contributed by atoms with van der Waals surface area (Å²) < 4.78 is 108. The van der Waals surface area contributed by atoms with Gasteiger partial charge in [-0.15, -0.1) is 0 Å². The minimum absolute atomic E-state index is 0.129. The van der Waals surface area contributed by atoms with Gasteiger partial charge in [-0.25, -0.2) is 0 Å². The molecule has 12 heteroatoms. The van der Waals surface area contributed by atoms with Crippen molar-refractivity contribution < 1.29 is 44.1 Å². The Morgan fingerprint density at radius 2 is 1.41 bits per heavy atom. The smallest absolute Gasteiger partial charge is 0.322 e. The van der Waals surface area contributed by atoms with Gasteiger partial charge in [0.1, 0.15) is 0 Å². The highest BCUT2D eigenvalue weighted by Gasteiger charge is 2.37. The summed E-state index contributed by atoms with van der Waals surface area (Å²) in [6.45, 7) is 0. The molecule has 1 amide bonds. The SMILES string of the molecule is O=C(Nc1cccc(S(=O)(=O)O)c1)c1cc(C(F)(F)F)cc(C(F)(F)F)c1. The van der Waals surface area contributed by atoms with Crippen LogP contribution in [0.15, 0.2) is 47.4 Å². The molecule has 0 saturated carbocycles. The van der Waals surface area contributed by atoms with Gasteiger partial charge in [0.25, 0.3) is 16.0 Å². The molecule has 0 spiro atoms. The number of amides is 1. The molecule has 2 aromatic rings. The lowest BCUT2D eigenvalue weighted by Gasteiger charge is -2.14. The average Bonchev–Trinajstić information content (AvgIpc) is 2.52. The number of anilines is 1. The molecular weight excluding hydrogens is 404 g/mol. The lowest BCUT2D eigenvalue weighted by atomic mass is 10.0. The number of nitrogens with one attached hydrogen (secondary N) is 1. The standard InChI is InChI=1S/C15H9F6NO4S/c16-14(17,18)9-4-8(5-10(6-9)15(19,20)21)13(23)22-11-2-1-3-12(7-11)27(24,25)26/h1-7H,(H,22,23)(H,24,25,26). The fourth-order valence-electron chi connectivity index (χ4n) is 2.02. The van der Waals surface area contributed by atoms with Crippen LogP contribution in [0, 0.1) is 0 Å². The first-order chi connectivity index (χ1) is 12.2. The molecule has 0 saturated heterocycles. The van der Waals surface area contributed by atoms with Crippen LogP contribution in [0.2, 0.25) is 0 Å². The van der Waals surface area contributed by atoms with Crippen molar-refractivity contribution in [2.75, 3.05) is 5.32 Å². The van der Waals surface area contributed by atoms with Crippen LogP contribution < -0.4 is 5.32 Å². The maximum atomic E-state index is 12.8. The van der Waals surface area contributed by atoms with Crippen molar-refractivity contribution in [1.29, 1.82) is 0 Å². The van der Waals surface area contributed by atoms with E-state index in [9.17, 15) is 39.6 Å². The molecular formula is C15H9F6NO4S. The number of benzene rings is 2. The first kappa shape index (κ1) is 20.7. The second kappa shape index (κ2) is 6.85. The predicted molar refractivity (Wildman–Crippen MR) is 80.7 cm³/mol. The zero-order chi connectivity index (χ0) is 20.6. The van der Waals surface area contributed by atoms with E-state index in [1.165, 1.54) is 0 Å². The molecule has 2 aromatic carbocycles. The van der Waals surface area contributed by atoms with Crippen LogP contribution in [-0.2, 0) is 22.5 Å². The van der Waals surface area contributed by atoms with Crippen LogP contribution in [0.25, 0.3) is 0 Å². The molecule has 0 fully saturated rings. The number of alkyl halides is 6. The summed E-state index contributed by atoms with van der Waals surface area (Å²) in [6, 6.07) is 4.32. The summed E-state index contributed by atoms with van der Waals surface area (Å²) in [4.78, 5) is 11.5. The maximum absolute atomic E-state index is 12.8. The molecule has 2 N–H and O–H groups in total. The van der Waals surface area contributed by atoms with E-state index < -0.39 is 50.0 Å². The molecule has 27 heavy (non-hydrogen) atoms. The lowest BCUT2D eigenvalue weighted by molar-refractivity contribution is -0.143. The Hall–Kier alpha value is -2.60. The second-order valence-corrected chi connectivity index (χ2v) is 6.67. The first-order valence-corrected chi connectivity index (χ1v) is 8.30. The molecule has 0 unspecified atom stereocenters. The number of hydrogen-bond acceptors (Lipinski definition) is 3. The normalized spacial score (nSPS) is 12.7. The lowest BCUT2D eigenvalue weighted by Crippen LogP contribution is -2.17. The third-order valence-electron chi connectivity index (χ3n) is 3.24. The fraction of sp³-hybridized carbons (Fsp3) is 0.133. The molecule has 2 rings (SSSR count). The number of rotatable bonds is 3. The summed E-state index contributed by atoms with van der Waals surface area (Å²) >= 11 is 0. The van der Waals surface area contributed by atoms with Crippen LogP contribution >= 0.6 is 0 Å². The van der Waals surface area contributed by atoms with Gasteiger partial charge in [0.2, 0.25) is 0 Å². The summed E-state index contributed by atoms with van der Waals surface area (Å²) in [6.07, 6.45) is -10.2. The van der Waals surface area contributed by atoms with Gasteiger partial charge in [-0.05, 0) is 36.4 Å².